The van der Waals surface area contributed by atoms with Crippen LogP contribution in [0.3, 0.4) is 0 Å². The van der Waals surface area contributed by atoms with E-state index < -0.39 is 6.61 Å². The van der Waals surface area contributed by atoms with Crippen molar-refractivity contribution in [3.8, 4) is 11.4 Å². The van der Waals surface area contributed by atoms with Gasteiger partial charge in [0.25, 0.3) is 12.4 Å². The molecule has 5 rings (SSSR count). The van der Waals surface area contributed by atoms with Crippen molar-refractivity contribution >= 4 is 24.5 Å². The van der Waals surface area contributed by atoms with Gasteiger partial charge in [0.05, 0.1) is 18.0 Å². The summed E-state index contributed by atoms with van der Waals surface area (Å²) >= 11 is 0. The Morgan fingerprint density at radius 2 is 1.81 bits per heavy atom. The van der Waals surface area contributed by atoms with Crippen LogP contribution in [0, 0.1) is 0 Å². The minimum absolute atomic E-state index is 0.0450. The number of nitrogens with zero attached hydrogens (tertiary/aromatic N) is 5. The van der Waals surface area contributed by atoms with Gasteiger partial charge in [0.1, 0.15) is 17.7 Å². The molecule has 0 N–H and O–H groups in total. The van der Waals surface area contributed by atoms with Crippen molar-refractivity contribution in [1.29, 1.82) is 0 Å². The van der Waals surface area contributed by atoms with Crippen LogP contribution in [-0.2, 0) is 24.8 Å². The quantitative estimate of drug-likeness (QED) is 0.331. The predicted octanol–water partition coefficient (Wildman–Crippen LogP) is 3.62. The molecule has 0 spiro atoms. The Labute approximate surface area is 212 Å². The number of rotatable bonds is 8. The lowest BCUT2D eigenvalue weighted by Crippen LogP contribution is -2.17. The number of ether oxygens (including phenoxy) is 3. The Morgan fingerprint density at radius 1 is 1.11 bits per heavy atom. The average molecular weight is 516 g/mol. The third-order valence-corrected chi connectivity index (χ3v) is 5.64. The van der Waals surface area contributed by atoms with Crippen molar-refractivity contribution < 1.29 is 32.6 Å². The number of hydrogen-bond acceptors (Lipinski definition) is 8. The molecule has 3 aromatic rings. The number of alkyl halides is 2. The van der Waals surface area contributed by atoms with Gasteiger partial charge in [-0.3, -0.25) is 14.5 Å². The van der Waals surface area contributed by atoms with Gasteiger partial charge in [-0.2, -0.15) is 13.8 Å². The molecular weight excluding hydrogens is 488 g/mol. The van der Waals surface area contributed by atoms with Crippen molar-refractivity contribution in [2.24, 2.45) is 0 Å². The lowest BCUT2D eigenvalue weighted by Gasteiger charge is -2.16. The minimum atomic E-state index is -2.89. The highest BCUT2D eigenvalue weighted by Crippen LogP contribution is 2.47. The number of anilines is 2. The fourth-order valence-electron chi connectivity index (χ4n) is 3.82. The van der Waals surface area contributed by atoms with E-state index in [0.717, 1.165) is 25.3 Å². The number of morpholine rings is 1. The van der Waals surface area contributed by atoms with Crippen molar-refractivity contribution in [2.45, 2.75) is 38.7 Å². The van der Waals surface area contributed by atoms with E-state index >= 15 is 0 Å². The zero-order valence-electron chi connectivity index (χ0n) is 20.6. The summed E-state index contributed by atoms with van der Waals surface area (Å²) < 4.78 is 40.7. The smallest absolute Gasteiger partial charge is 0.387 e. The van der Waals surface area contributed by atoms with Crippen LogP contribution in [0.2, 0.25) is 0 Å². The summed E-state index contributed by atoms with van der Waals surface area (Å²) in [7, 11) is 0. The number of benzene rings is 2. The van der Waals surface area contributed by atoms with Gasteiger partial charge >= 0.3 is 6.61 Å². The third-order valence-electron chi connectivity index (χ3n) is 5.64. The first-order valence-electron chi connectivity index (χ1n) is 11.5. The molecule has 2 saturated heterocycles. The summed E-state index contributed by atoms with van der Waals surface area (Å²) in [5.41, 5.74) is 1.64. The maximum Gasteiger partial charge on any atom is 0.387 e. The van der Waals surface area contributed by atoms with Crippen LogP contribution in [-0.4, -0.2) is 64.5 Å². The highest BCUT2D eigenvalue weighted by Gasteiger charge is 2.58. The molecule has 37 heavy (non-hydrogen) atoms. The first-order chi connectivity index (χ1) is 17.6. The van der Waals surface area contributed by atoms with Crippen LogP contribution >= 0.6 is 0 Å². The van der Waals surface area contributed by atoms with Crippen molar-refractivity contribution in [1.82, 2.24) is 19.7 Å². The molecule has 2 unspecified atom stereocenters. The Bertz CT molecular complexity index is 1210. The molecule has 2 aliphatic rings. The van der Waals surface area contributed by atoms with Gasteiger partial charge in [0, 0.05) is 18.7 Å². The van der Waals surface area contributed by atoms with Crippen molar-refractivity contribution in [3.05, 3.63) is 60.4 Å². The molecular formula is C25H27F2N5O5. The van der Waals surface area contributed by atoms with Crippen LogP contribution in [0.1, 0.15) is 26.3 Å². The summed E-state index contributed by atoms with van der Waals surface area (Å²) in [6.07, 6.45) is 2.08. The van der Waals surface area contributed by atoms with E-state index in [1.807, 2.05) is 45.0 Å². The van der Waals surface area contributed by atoms with Crippen LogP contribution in [0.5, 0.6) is 5.75 Å². The monoisotopic (exact) mass is 515 g/mol. The fraction of sp³-hybridized carbons (Fsp3) is 0.360. The number of hydrogen-bond donors (Lipinski definition) is 0. The van der Waals surface area contributed by atoms with Gasteiger partial charge in [0.15, 0.2) is 5.72 Å². The molecule has 0 saturated carbocycles. The van der Waals surface area contributed by atoms with Gasteiger partial charge in [-0.1, -0.05) is 12.1 Å². The molecule has 0 bridgehead atoms. The molecule has 2 fully saturated rings. The lowest BCUT2D eigenvalue weighted by atomic mass is 10.1. The van der Waals surface area contributed by atoms with Crippen LogP contribution in [0.4, 0.5) is 20.4 Å². The predicted molar refractivity (Wildman–Crippen MR) is 129 cm³/mol. The van der Waals surface area contributed by atoms with E-state index in [-0.39, 0.29) is 23.0 Å². The zero-order valence-corrected chi connectivity index (χ0v) is 20.6. The van der Waals surface area contributed by atoms with E-state index in [4.69, 9.17) is 4.74 Å². The van der Waals surface area contributed by atoms with Gasteiger partial charge < -0.3 is 14.2 Å². The maximum absolute atomic E-state index is 12.3. The molecule has 196 valence electrons. The zero-order chi connectivity index (χ0) is 26.6. The molecule has 0 radical (unpaired) electrons. The first-order valence-corrected chi connectivity index (χ1v) is 11.5. The second-order valence-electron chi connectivity index (χ2n) is 9.26. The minimum Gasteiger partial charge on any atom is -0.462 e. The van der Waals surface area contributed by atoms with Gasteiger partial charge in [-0.15, -0.1) is 5.10 Å². The molecule has 1 aromatic heterocycles. The highest BCUT2D eigenvalue weighted by atomic mass is 19.3. The molecule has 2 aromatic carbocycles. The summed E-state index contributed by atoms with van der Waals surface area (Å²) in [6, 6.07) is 13.5. The van der Waals surface area contributed by atoms with E-state index in [9.17, 15) is 18.4 Å². The normalized spacial score (nSPS) is 19.9. The van der Waals surface area contributed by atoms with Crippen LogP contribution in [0.15, 0.2) is 54.9 Å². The first kappa shape index (κ1) is 26.2. The second kappa shape index (κ2) is 10.6. The van der Waals surface area contributed by atoms with E-state index in [2.05, 4.69) is 24.5 Å². The molecule has 1 amide bonds. The average Bonchev–Trinajstić information content (AvgIpc) is 3.17. The second-order valence-corrected chi connectivity index (χ2v) is 9.26. The number of halogens is 2. The van der Waals surface area contributed by atoms with Crippen LogP contribution in [0.25, 0.3) is 5.69 Å². The number of carbonyl (C=O) groups is 2. The number of carbonyl (C=O) groups excluding carboxylic acids is 2. The lowest BCUT2D eigenvalue weighted by molar-refractivity contribution is -0.138. The third kappa shape index (κ3) is 6.09. The van der Waals surface area contributed by atoms with E-state index in [1.54, 1.807) is 12.1 Å². The number of amides is 1. The largest absolute Gasteiger partial charge is 0.462 e. The fourth-order valence-corrected chi connectivity index (χ4v) is 3.82. The van der Waals surface area contributed by atoms with Gasteiger partial charge in [-0.25, -0.2) is 9.58 Å². The number of fused-ring (bicyclic) bond motifs is 1. The van der Waals surface area contributed by atoms with E-state index in [1.165, 1.54) is 28.0 Å². The van der Waals surface area contributed by atoms with E-state index in [0.29, 0.717) is 24.3 Å². The molecule has 0 aliphatic carbocycles. The summed E-state index contributed by atoms with van der Waals surface area (Å²) in [6.45, 7) is 5.57. The summed E-state index contributed by atoms with van der Waals surface area (Å²) in [5, 5.41) is 4.32. The van der Waals surface area contributed by atoms with Crippen LogP contribution < -0.4 is 9.64 Å². The maximum atomic E-state index is 12.3. The SMILES string of the molecule is CC(C)(C)OC=O.O=CN(c1ccc(C23CN2CCO3)cc1)c1ncn(-c2ccc(OC(F)F)cc2)n1. The highest BCUT2D eigenvalue weighted by molar-refractivity contribution is 5.83. The van der Waals surface area contributed by atoms with Crippen molar-refractivity contribution in [2.75, 3.05) is 24.6 Å². The van der Waals surface area contributed by atoms with Crippen molar-refractivity contribution in [3.63, 3.8) is 0 Å². The number of aromatic nitrogens is 3. The Kier molecular flexibility index (Phi) is 7.50. The molecule has 10 nitrogen and oxygen atoms in total. The molecule has 2 aliphatic heterocycles. The summed E-state index contributed by atoms with van der Waals surface area (Å²) in [4.78, 5) is 29.1. The Morgan fingerprint density at radius 3 is 2.30 bits per heavy atom. The Hall–Kier alpha value is -3.90. The van der Waals surface area contributed by atoms with Gasteiger partial charge in [0.2, 0.25) is 6.41 Å². The standard InChI is InChI=1S/C20H17F2N5O3.C5H10O2/c21-18(22)30-17-7-5-16(6-8-17)27-12-23-19(24-27)26(13-28)15-3-1-14(2-4-15)20-11-25(20)9-10-29-20;1-5(2,3)7-4-6/h1-8,12-13,18H,9-11H2;4H,1-3H3. The van der Waals surface area contributed by atoms with Gasteiger partial charge in [-0.05, 0) is 57.2 Å². The molecule has 3 heterocycles. The topological polar surface area (TPSA) is 98.8 Å². The Balaban J connectivity index is 0.000000405. The summed E-state index contributed by atoms with van der Waals surface area (Å²) in [5.74, 6) is 0.234. The molecule has 2 atom stereocenters. The molecule has 12 heteroatoms.